The van der Waals surface area contributed by atoms with Crippen molar-refractivity contribution in [2.75, 3.05) is 50.3 Å². The molecule has 1 aromatic carbocycles. The first kappa shape index (κ1) is 27.9. The zero-order chi connectivity index (χ0) is 27.9. The predicted molar refractivity (Wildman–Crippen MR) is 147 cm³/mol. The Morgan fingerprint density at radius 3 is 2.65 bits per heavy atom. The number of hydrogen-bond donors (Lipinski definition) is 3. The molecule has 3 N–H and O–H groups in total. The number of benzene rings is 1. The van der Waals surface area contributed by atoms with Crippen molar-refractivity contribution in [3.63, 3.8) is 0 Å². The molecule has 2 amide bonds. The molecule has 2 fully saturated rings. The van der Waals surface area contributed by atoms with Crippen molar-refractivity contribution in [2.45, 2.75) is 63.8 Å². The van der Waals surface area contributed by atoms with Gasteiger partial charge in [0.1, 0.15) is 17.3 Å². The Morgan fingerprint density at radius 2 is 1.90 bits per heavy atom. The summed E-state index contributed by atoms with van der Waals surface area (Å²) in [7, 11) is 1.55. The number of carbonyl (C=O) groups is 2. The highest BCUT2D eigenvalue weighted by atomic mass is 16.7. The van der Waals surface area contributed by atoms with Crippen LogP contribution in [-0.2, 0) is 22.4 Å². The summed E-state index contributed by atoms with van der Waals surface area (Å²) >= 11 is 0. The van der Waals surface area contributed by atoms with Crippen LogP contribution in [0.5, 0.6) is 5.75 Å². The van der Waals surface area contributed by atoms with Crippen LogP contribution in [0, 0.1) is 0 Å². The summed E-state index contributed by atoms with van der Waals surface area (Å²) in [5, 5.41) is 16.4. The van der Waals surface area contributed by atoms with Gasteiger partial charge in [0.2, 0.25) is 12.2 Å². The monoisotopic (exact) mass is 554 g/mol. The minimum Gasteiger partial charge on any atom is -0.468 e. The van der Waals surface area contributed by atoms with Gasteiger partial charge < -0.3 is 39.8 Å². The normalized spacial score (nSPS) is 17.9. The largest absolute Gasteiger partial charge is 0.468 e. The molecule has 2 aliphatic heterocycles. The third-order valence-corrected chi connectivity index (χ3v) is 7.51. The van der Waals surface area contributed by atoms with E-state index in [1.807, 2.05) is 18.2 Å². The molecular weight excluding hydrogens is 516 g/mol. The van der Waals surface area contributed by atoms with Gasteiger partial charge in [-0.25, -0.2) is 9.78 Å². The van der Waals surface area contributed by atoms with Gasteiger partial charge in [-0.05, 0) is 68.2 Å². The number of piperidine rings is 1. The molecular formula is C28H38N6O6. The van der Waals surface area contributed by atoms with Gasteiger partial charge in [0, 0.05) is 45.4 Å². The Hall–Kier alpha value is -3.64. The zero-order valence-electron chi connectivity index (χ0n) is 22.9. The smallest absolute Gasteiger partial charge is 0.412 e. The molecule has 0 spiro atoms. The van der Waals surface area contributed by atoms with Gasteiger partial charge in [0.15, 0.2) is 6.79 Å². The lowest BCUT2D eigenvalue weighted by atomic mass is 9.93. The van der Waals surface area contributed by atoms with Gasteiger partial charge in [0.05, 0.1) is 6.54 Å². The second kappa shape index (κ2) is 13.1. The lowest BCUT2D eigenvalue weighted by molar-refractivity contribution is -0.0619. The minimum absolute atomic E-state index is 0.134. The van der Waals surface area contributed by atoms with Crippen molar-refractivity contribution in [1.82, 2.24) is 20.2 Å². The molecule has 2 aromatic rings. The molecule has 0 bridgehead atoms. The van der Waals surface area contributed by atoms with Gasteiger partial charge in [-0.15, -0.1) is 0 Å². The average molecular weight is 555 g/mol. The molecule has 40 heavy (non-hydrogen) atoms. The Bertz CT molecular complexity index is 1190. The molecule has 3 aliphatic rings. The SMILES string of the molecule is COCOc1ccc2c(c1)CN(C(=O)O[C@@H](O)CNC(=O)c1cc(NC3CCC3)nc(N3CCCCC3)n1)CC2. The van der Waals surface area contributed by atoms with Gasteiger partial charge in [-0.3, -0.25) is 4.79 Å². The van der Waals surface area contributed by atoms with E-state index in [9.17, 15) is 14.7 Å². The van der Waals surface area contributed by atoms with Crippen molar-refractivity contribution in [1.29, 1.82) is 0 Å². The van der Waals surface area contributed by atoms with Gasteiger partial charge in [-0.2, -0.15) is 4.98 Å². The summed E-state index contributed by atoms with van der Waals surface area (Å²) in [6.45, 7) is 2.36. The fourth-order valence-corrected chi connectivity index (χ4v) is 5.03. The van der Waals surface area contributed by atoms with Crippen molar-refractivity contribution in [3.05, 3.63) is 41.1 Å². The van der Waals surface area contributed by atoms with Crippen LogP contribution in [0.25, 0.3) is 0 Å². The highest BCUT2D eigenvalue weighted by molar-refractivity contribution is 5.93. The maximum atomic E-state index is 13.0. The number of fused-ring (bicyclic) bond motifs is 1. The number of aliphatic hydroxyl groups is 1. The summed E-state index contributed by atoms with van der Waals surface area (Å²) in [5.74, 6) is 1.33. The van der Waals surface area contributed by atoms with Crippen LogP contribution in [0.3, 0.4) is 0 Å². The lowest BCUT2D eigenvalue weighted by Gasteiger charge is -2.30. The van der Waals surface area contributed by atoms with E-state index in [4.69, 9.17) is 14.2 Å². The maximum Gasteiger partial charge on any atom is 0.412 e. The van der Waals surface area contributed by atoms with Gasteiger partial charge in [0.25, 0.3) is 5.91 Å². The molecule has 1 atom stereocenters. The van der Waals surface area contributed by atoms with E-state index in [1.165, 1.54) is 17.7 Å². The molecule has 1 saturated carbocycles. The fourth-order valence-electron chi connectivity index (χ4n) is 5.03. The number of aromatic nitrogens is 2. The quantitative estimate of drug-likeness (QED) is 0.376. The summed E-state index contributed by atoms with van der Waals surface area (Å²) in [5.41, 5.74) is 2.27. The molecule has 12 heteroatoms. The number of hydrogen-bond acceptors (Lipinski definition) is 10. The molecule has 0 radical (unpaired) electrons. The number of nitrogens with zero attached hydrogens (tertiary/aromatic N) is 4. The van der Waals surface area contributed by atoms with Crippen molar-refractivity contribution in [3.8, 4) is 5.75 Å². The van der Waals surface area contributed by atoms with E-state index in [-0.39, 0.29) is 19.0 Å². The molecule has 1 aliphatic carbocycles. The molecule has 12 nitrogen and oxygen atoms in total. The molecule has 1 saturated heterocycles. The minimum atomic E-state index is -1.51. The number of ether oxygens (including phenoxy) is 3. The Morgan fingerprint density at radius 1 is 1.07 bits per heavy atom. The van der Waals surface area contributed by atoms with Crippen LogP contribution in [-0.4, -0.2) is 84.4 Å². The Kier molecular flexibility index (Phi) is 9.17. The topological polar surface area (TPSA) is 138 Å². The first-order valence-electron chi connectivity index (χ1n) is 14.0. The Balaban J connectivity index is 1.16. The number of carbonyl (C=O) groups excluding carboxylic acids is 2. The van der Waals surface area contributed by atoms with Crippen LogP contribution in [0.1, 0.15) is 60.1 Å². The molecule has 216 valence electrons. The highest BCUT2D eigenvalue weighted by Gasteiger charge is 2.26. The number of anilines is 2. The fraction of sp³-hybridized carbons (Fsp3) is 0.571. The van der Waals surface area contributed by atoms with Crippen molar-refractivity contribution < 1.29 is 28.9 Å². The van der Waals surface area contributed by atoms with Gasteiger partial charge >= 0.3 is 6.09 Å². The number of aliphatic hydroxyl groups excluding tert-OH is 1. The highest BCUT2D eigenvalue weighted by Crippen LogP contribution is 2.26. The lowest BCUT2D eigenvalue weighted by Crippen LogP contribution is -2.41. The number of rotatable bonds is 10. The third kappa shape index (κ3) is 7.11. The molecule has 0 unspecified atom stereocenters. The van der Waals surface area contributed by atoms with E-state index in [2.05, 4.69) is 25.5 Å². The van der Waals surface area contributed by atoms with Gasteiger partial charge in [-0.1, -0.05) is 6.07 Å². The van der Waals surface area contributed by atoms with Crippen molar-refractivity contribution >= 4 is 23.8 Å². The molecule has 1 aromatic heterocycles. The second-order valence-corrected chi connectivity index (χ2v) is 10.5. The van der Waals surface area contributed by atoms with Crippen LogP contribution in [0.2, 0.25) is 0 Å². The van der Waals surface area contributed by atoms with E-state index in [1.54, 1.807) is 13.2 Å². The molecule has 5 rings (SSSR count). The number of nitrogens with one attached hydrogen (secondary N) is 2. The summed E-state index contributed by atoms with van der Waals surface area (Å²) in [4.78, 5) is 38.5. The zero-order valence-corrected chi connectivity index (χ0v) is 22.9. The van der Waals surface area contributed by atoms with Crippen LogP contribution in [0.4, 0.5) is 16.6 Å². The second-order valence-electron chi connectivity index (χ2n) is 10.5. The number of methoxy groups -OCH3 is 1. The first-order chi connectivity index (χ1) is 19.5. The van der Waals surface area contributed by atoms with Crippen LogP contribution < -0.4 is 20.3 Å². The number of amides is 2. The van der Waals surface area contributed by atoms with E-state index in [0.717, 1.165) is 49.9 Å². The van der Waals surface area contributed by atoms with Crippen molar-refractivity contribution in [2.24, 2.45) is 0 Å². The average Bonchev–Trinajstić information content (AvgIpc) is 2.96. The summed E-state index contributed by atoms with van der Waals surface area (Å²) in [6, 6.07) is 7.71. The molecule has 3 heterocycles. The van der Waals surface area contributed by atoms with Crippen LogP contribution >= 0.6 is 0 Å². The standard InChI is InChI=1S/C28H38N6O6/c1-38-18-39-22-9-8-19-10-13-34(17-20(19)14-22)28(37)40-25(35)16-29-26(36)23-15-24(30-21-6-5-7-21)32-27(31-23)33-11-3-2-4-12-33/h8-9,14-15,21,25,35H,2-7,10-13,16-18H2,1H3,(H,29,36)(H,30,31,32)/t25-/m1/s1. The predicted octanol–water partition coefficient (Wildman–Crippen LogP) is 2.66. The third-order valence-electron chi connectivity index (χ3n) is 7.51. The van der Waals surface area contributed by atoms with E-state index >= 15 is 0 Å². The summed E-state index contributed by atoms with van der Waals surface area (Å²) in [6.07, 6.45) is 5.13. The summed E-state index contributed by atoms with van der Waals surface area (Å²) < 4.78 is 15.7. The maximum absolute atomic E-state index is 13.0. The van der Waals surface area contributed by atoms with Crippen LogP contribution in [0.15, 0.2) is 24.3 Å². The van der Waals surface area contributed by atoms with E-state index in [0.29, 0.717) is 43.1 Å². The van der Waals surface area contributed by atoms with E-state index < -0.39 is 18.3 Å². The first-order valence-corrected chi connectivity index (χ1v) is 14.0. The Labute approximate surface area is 234 Å².